The van der Waals surface area contributed by atoms with Crippen LogP contribution in [-0.4, -0.2) is 33.1 Å². The Balaban J connectivity index is 1.80. The predicted molar refractivity (Wildman–Crippen MR) is 79.8 cm³/mol. The molecule has 1 aromatic rings. The molecule has 1 atom stereocenters. The van der Waals surface area contributed by atoms with Crippen molar-refractivity contribution in [3.8, 4) is 0 Å². The van der Waals surface area contributed by atoms with Crippen LogP contribution in [0.1, 0.15) is 26.7 Å². The molecule has 0 saturated carbocycles. The van der Waals surface area contributed by atoms with E-state index in [1.165, 1.54) is 0 Å². The van der Waals surface area contributed by atoms with E-state index in [1.807, 2.05) is 18.2 Å². The standard InChI is InChI=1S/C14H18N4OSe/c1-14(2)7-4-8-15-12(14)13(19)16-9-5-3-6-10-11(9)18-20-17-10/h3,5-6,12,15H,4,7-8H2,1-2H3,(H,16,19). The Morgan fingerprint density at radius 2 is 2.30 bits per heavy atom. The van der Waals surface area contributed by atoms with Crippen molar-refractivity contribution >= 4 is 37.5 Å². The number of piperidine rings is 1. The molecule has 106 valence electrons. The van der Waals surface area contributed by atoms with Crippen LogP contribution in [0.4, 0.5) is 17.1 Å². The van der Waals surface area contributed by atoms with E-state index in [-0.39, 0.29) is 31.9 Å². The predicted octanol–water partition coefficient (Wildman–Crippen LogP) is 2.75. The monoisotopic (exact) mass is 338 g/mol. The first-order chi connectivity index (χ1) is 9.58. The van der Waals surface area contributed by atoms with Gasteiger partial charge in [0.2, 0.25) is 0 Å². The summed E-state index contributed by atoms with van der Waals surface area (Å²) in [5, 5.41) is 6.36. The molecule has 1 saturated heterocycles. The third-order valence-electron chi connectivity index (χ3n) is 3.93. The fraction of sp³-hybridized carbons (Fsp3) is 0.500. The molecule has 0 aromatic heterocycles. The van der Waals surface area contributed by atoms with Gasteiger partial charge < -0.3 is 0 Å². The number of hydrogen-bond acceptors (Lipinski definition) is 4. The Morgan fingerprint density at radius 1 is 1.45 bits per heavy atom. The van der Waals surface area contributed by atoms with Crippen molar-refractivity contribution < 1.29 is 4.79 Å². The van der Waals surface area contributed by atoms with Crippen LogP contribution in [0.3, 0.4) is 0 Å². The van der Waals surface area contributed by atoms with Gasteiger partial charge in [-0.05, 0) is 0 Å². The zero-order chi connectivity index (χ0) is 14.2. The van der Waals surface area contributed by atoms with E-state index in [2.05, 4.69) is 32.4 Å². The molecule has 6 heteroatoms. The fourth-order valence-electron chi connectivity index (χ4n) is 2.77. The third-order valence-corrected chi connectivity index (χ3v) is 5.07. The van der Waals surface area contributed by atoms with Crippen LogP contribution in [0.5, 0.6) is 0 Å². The molecule has 2 heterocycles. The minimum atomic E-state index is -0.157. The maximum absolute atomic E-state index is 12.5. The third kappa shape index (κ3) is 2.51. The van der Waals surface area contributed by atoms with E-state index in [9.17, 15) is 4.79 Å². The van der Waals surface area contributed by atoms with E-state index in [0.717, 1.165) is 36.4 Å². The number of amides is 1. The maximum atomic E-state index is 12.5. The molecule has 5 nitrogen and oxygen atoms in total. The molecule has 1 aromatic carbocycles. The number of nitrogens with one attached hydrogen (secondary N) is 2. The number of carbonyl (C=O) groups is 1. The first kappa shape index (κ1) is 13.7. The molecule has 2 aliphatic heterocycles. The minimum absolute atomic E-state index is 0.0221. The van der Waals surface area contributed by atoms with Gasteiger partial charge in [-0.15, -0.1) is 0 Å². The van der Waals surface area contributed by atoms with Gasteiger partial charge in [-0.25, -0.2) is 0 Å². The molecule has 2 aliphatic rings. The summed E-state index contributed by atoms with van der Waals surface area (Å²) in [6.07, 6.45) is 2.18. The Morgan fingerprint density at radius 3 is 3.10 bits per heavy atom. The van der Waals surface area contributed by atoms with Gasteiger partial charge in [0.15, 0.2) is 0 Å². The van der Waals surface area contributed by atoms with Crippen molar-refractivity contribution in [2.24, 2.45) is 13.3 Å². The summed E-state index contributed by atoms with van der Waals surface area (Å²) in [5.74, 6) is 0.0256. The first-order valence-corrected chi connectivity index (χ1v) is 8.37. The second kappa shape index (κ2) is 5.28. The molecule has 1 unspecified atom stereocenters. The summed E-state index contributed by atoms with van der Waals surface area (Å²) in [6, 6.07) is 5.59. The van der Waals surface area contributed by atoms with Crippen LogP contribution in [0.25, 0.3) is 0 Å². The first-order valence-electron chi connectivity index (χ1n) is 6.83. The number of benzene rings is 1. The summed E-state index contributed by atoms with van der Waals surface area (Å²) in [5.41, 5.74) is 2.47. The van der Waals surface area contributed by atoms with Gasteiger partial charge in [-0.1, -0.05) is 0 Å². The van der Waals surface area contributed by atoms with Gasteiger partial charge in [-0.3, -0.25) is 0 Å². The van der Waals surface area contributed by atoms with Crippen LogP contribution in [0, 0.1) is 5.41 Å². The van der Waals surface area contributed by atoms with E-state index in [0.29, 0.717) is 0 Å². The summed E-state index contributed by atoms with van der Waals surface area (Å²) in [6.45, 7) is 5.18. The normalized spacial score (nSPS) is 23.0. The van der Waals surface area contributed by atoms with Gasteiger partial charge in [0.05, 0.1) is 0 Å². The zero-order valence-corrected chi connectivity index (χ0v) is 13.4. The Bertz CT molecular complexity index is 620. The average molecular weight is 337 g/mol. The molecular weight excluding hydrogens is 319 g/mol. The van der Waals surface area contributed by atoms with Crippen LogP contribution in [0.15, 0.2) is 26.1 Å². The zero-order valence-electron chi connectivity index (χ0n) is 11.6. The number of carbonyl (C=O) groups excluding carboxylic acids is 1. The van der Waals surface area contributed by atoms with Crippen molar-refractivity contribution in [3.05, 3.63) is 18.2 Å². The number of fused-ring (bicyclic) bond motifs is 1. The SMILES string of the molecule is CC1(C)CCCNC1C(=O)Nc1cccc2c1N=[Se]=N2. The quantitative estimate of drug-likeness (QED) is 0.828. The molecule has 20 heavy (non-hydrogen) atoms. The topological polar surface area (TPSA) is 65.8 Å². The molecular formula is C14H18N4OSe. The molecule has 1 amide bonds. The van der Waals surface area contributed by atoms with Crippen LogP contribution < -0.4 is 10.6 Å². The van der Waals surface area contributed by atoms with Crippen molar-refractivity contribution in [3.63, 3.8) is 0 Å². The van der Waals surface area contributed by atoms with Gasteiger partial charge in [0.1, 0.15) is 0 Å². The van der Waals surface area contributed by atoms with E-state index < -0.39 is 0 Å². The average Bonchev–Trinajstić information content (AvgIpc) is 2.87. The summed E-state index contributed by atoms with van der Waals surface area (Å²) >= 11 is -0.0779. The van der Waals surface area contributed by atoms with Gasteiger partial charge in [0, 0.05) is 0 Å². The molecule has 0 bridgehead atoms. The Kier molecular flexibility index (Phi) is 3.63. The fourth-order valence-corrected chi connectivity index (χ4v) is 3.92. The second-order valence-corrected chi connectivity index (χ2v) is 7.01. The molecule has 3 rings (SSSR count). The van der Waals surface area contributed by atoms with Crippen molar-refractivity contribution in [1.29, 1.82) is 0 Å². The summed E-state index contributed by atoms with van der Waals surface area (Å²) < 4.78 is 8.73. The van der Waals surface area contributed by atoms with Crippen LogP contribution in [-0.2, 0) is 4.79 Å². The van der Waals surface area contributed by atoms with Crippen molar-refractivity contribution in [2.75, 3.05) is 11.9 Å². The van der Waals surface area contributed by atoms with Crippen molar-refractivity contribution in [1.82, 2.24) is 5.32 Å². The molecule has 2 N–H and O–H groups in total. The molecule has 1 fully saturated rings. The van der Waals surface area contributed by atoms with E-state index in [4.69, 9.17) is 0 Å². The number of nitrogens with zero attached hydrogens (tertiary/aromatic N) is 2. The summed E-state index contributed by atoms with van der Waals surface area (Å²) in [4.78, 5) is 12.5. The molecule has 0 aliphatic carbocycles. The van der Waals surface area contributed by atoms with E-state index in [1.54, 1.807) is 0 Å². The molecule has 0 radical (unpaired) electrons. The van der Waals surface area contributed by atoms with Gasteiger partial charge in [0.25, 0.3) is 0 Å². The molecule has 0 spiro atoms. The Hall–Kier alpha value is -1.23. The van der Waals surface area contributed by atoms with Crippen LogP contribution >= 0.6 is 0 Å². The number of anilines is 1. The van der Waals surface area contributed by atoms with Gasteiger partial charge in [-0.2, -0.15) is 0 Å². The van der Waals surface area contributed by atoms with Crippen LogP contribution in [0.2, 0.25) is 0 Å². The van der Waals surface area contributed by atoms with E-state index >= 15 is 0 Å². The number of rotatable bonds is 2. The summed E-state index contributed by atoms with van der Waals surface area (Å²) in [7, 11) is 0. The van der Waals surface area contributed by atoms with Gasteiger partial charge >= 0.3 is 124 Å². The Labute approximate surface area is 124 Å². The second-order valence-electron chi connectivity index (χ2n) is 5.91. The van der Waals surface area contributed by atoms with Crippen molar-refractivity contribution in [2.45, 2.75) is 32.7 Å². The number of hydrogen-bond donors (Lipinski definition) is 2.